The van der Waals surface area contributed by atoms with Crippen molar-refractivity contribution in [3.63, 3.8) is 0 Å². The summed E-state index contributed by atoms with van der Waals surface area (Å²) in [5, 5.41) is -0.106. The van der Waals surface area contributed by atoms with Crippen molar-refractivity contribution in [1.82, 2.24) is 9.55 Å². The number of fused-ring (bicyclic) bond motifs is 1. The van der Waals surface area contributed by atoms with Crippen molar-refractivity contribution < 1.29 is 4.39 Å². The van der Waals surface area contributed by atoms with Crippen molar-refractivity contribution >= 4 is 46.0 Å². The zero-order valence-electron chi connectivity index (χ0n) is 11.1. The molecule has 0 amide bonds. The first-order chi connectivity index (χ1) is 9.58. The summed E-state index contributed by atoms with van der Waals surface area (Å²) < 4.78 is 15.9. The van der Waals surface area contributed by atoms with E-state index >= 15 is 0 Å². The van der Waals surface area contributed by atoms with E-state index in [2.05, 4.69) is 9.55 Å². The largest absolute Gasteiger partial charge is 0.323 e. The van der Waals surface area contributed by atoms with Gasteiger partial charge in [0, 0.05) is 17.9 Å². The molecule has 2 unspecified atom stereocenters. The summed E-state index contributed by atoms with van der Waals surface area (Å²) >= 11 is 14.0. The second-order valence-corrected chi connectivity index (χ2v) is 7.29. The van der Waals surface area contributed by atoms with Gasteiger partial charge in [0.1, 0.15) is 11.6 Å². The molecule has 108 valence electrons. The number of hydrogen-bond donors (Lipinski definition) is 0. The van der Waals surface area contributed by atoms with E-state index in [0.717, 1.165) is 29.0 Å². The number of thioether (sulfide) groups is 1. The van der Waals surface area contributed by atoms with Gasteiger partial charge in [0.05, 0.1) is 21.4 Å². The first-order valence-corrected chi connectivity index (χ1v) is 8.63. The zero-order valence-corrected chi connectivity index (χ0v) is 13.4. The van der Waals surface area contributed by atoms with Crippen LogP contribution >= 0.6 is 35.0 Å². The molecule has 2 heterocycles. The summed E-state index contributed by atoms with van der Waals surface area (Å²) in [6.45, 7) is 1.90. The number of alkyl halides is 1. The van der Waals surface area contributed by atoms with Crippen LogP contribution in [-0.4, -0.2) is 21.1 Å². The van der Waals surface area contributed by atoms with E-state index < -0.39 is 5.82 Å². The number of nitrogens with zero attached hydrogens (tertiary/aromatic N) is 2. The van der Waals surface area contributed by atoms with E-state index in [4.69, 9.17) is 23.2 Å². The van der Waals surface area contributed by atoms with Crippen molar-refractivity contribution in [2.24, 2.45) is 0 Å². The summed E-state index contributed by atoms with van der Waals surface area (Å²) in [6.07, 6.45) is 2.25. The third kappa shape index (κ3) is 2.53. The fraction of sp³-hybridized carbons (Fsp3) is 0.500. The molecule has 2 aromatic rings. The minimum Gasteiger partial charge on any atom is -0.323 e. The summed E-state index contributed by atoms with van der Waals surface area (Å²) in [6, 6.07) is 3.39. The molecule has 0 N–H and O–H groups in total. The van der Waals surface area contributed by atoms with Gasteiger partial charge in [-0.2, -0.15) is 11.8 Å². The van der Waals surface area contributed by atoms with Crippen LogP contribution in [0.3, 0.4) is 0 Å². The topological polar surface area (TPSA) is 17.8 Å². The molecule has 0 spiro atoms. The maximum Gasteiger partial charge on any atom is 0.144 e. The molecular formula is C14H15Cl2FN2S. The maximum absolute atomic E-state index is 13.8. The molecule has 1 aromatic carbocycles. The Bertz CT molecular complexity index is 636. The number of aromatic nitrogens is 2. The number of rotatable bonds is 2. The Balaban J connectivity index is 2.20. The summed E-state index contributed by atoms with van der Waals surface area (Å²) in [5.74, 6) is 2.61. The molecule has 0 bridgehead atoms. The van der Waals surface area contributed by atoms with Gasteiger partial charge in [-0.1, -0.05) is 11.6 Å². The van der Waals surface area contributed by atoms with Gasteiger partial charge in [-0.15, -0.1) is 11.6 Å². The monoisotopic (exact) mass is 332 g/mol. The van der Waals surface area contributed by atoms with Crippen molar-refractivity contribution in [3.8, 4) is 0 Å². The maximum atomic E-state index is 13.8. The van der Waals surface area contributed by atoms with Gasteiger partial charge >= 0.3 is 0 Å². The zero-order chi connectivity index (χ0) is 14.3. The molecule has 1 fully saturated rings. The molecule has 0 saturated carbocycles. The molecule has 20 heavy (non-hydrogen) atoms. The Morgan fingerprint density at radius 3 is 2.95 bits per heavy atom. The van der Waals surface area contributed by atoms with Crippen LogP contribution in [0.25, 0.3) is 11.0 Å². The standard InChI is InChI=1S/C14H15Cl2FN2S/c1-8(15)14-18-12-5-10(16)11(17)6-13(12)19(14)9-3-2-4-20-7-9/h5-6,8-9H,2-4,7H2,1H3. The van der Waals surface area contributed by atoms with Gasteiger partial charge < -0.3 is 4.57 Å². The molecule has 1 saturated heterocycles. The van der Waals surface area contributed by atoms with Crippen LogP contribution in [0.15, 0.2) is 12.1 Å². The van der Waals surface area contributed by atoms with Crippen LogP contribution in [-0.2, 0) is 0 Å². The average molecular weight is 333 g/mol. The molecule has 0 aliphatic carbocycles. The number of hydrogen-bond acceptors (Lipinski definition) is 2. The average Bonchev–Trinajstić information content (AvgIpc) is 2.79. The van der Waals surface area contributed by atoms with Crippen molar-refractivity contribution in [1.29, 1.82) is 0 Å². The lowest BCUT2D eigenvalue weighted by Crippen LogP contribution is -2.18. The highest BCUT2D eigenvalue weighted by Gasteiger charge is 2.24. The van der Waals surface area contributed by atoms with Gasteiger partial charge in [0.25, 0.3) is 0 Å². The normalized spacial score (nSPS) is 21.3. The Hall–Kier alpha value is -0.450. The van der Waals surface area contributed by atoms with Gasteiger partial charge in [-0.25, -0.2) is 9.37 Å². The second kappa shape index (κ2) is 5.74. The highest BCUT2D eigenvalue weighted by atomic mass is 35.5. The van der Waals surface area contributed by atoms with Crippen LogP contribution in [0.5, 0.6) is 0 Å². The Kier molecular flexibility index (Phi) is 4.16. The lowest BCUT2D eigenvalue weighted by atomic mass is 10.1. The van der Waals surface area contributed by atoms with Crippen molar-refractivity contribution in [2.45, 2.75) is 31.2 Å². The third-order valence-electron chi connectivity index (χ3n) is 3.62. The van der Waals surface area contributed by atoms with E-state index in [-0.39, 0.29) is 10.4 Å². The highest BCUT2D eigenvalue weighted by molar-refractivity contribution is 7.99. The van der Waals surface area contributed by atoms with Gasteiger partial charge in [0.2, 0.25) is 0 Å². The quantitative estimate of drug-likeness (QED) is 0.703. The third-order valence-corrected chi connectivity index (χ3v) is 5.30. The van der Waals surface area contributed by atoms with Crippen LogP contribution < -0.4 is 0 Å². The fourth-order valence-corrected chi connectivity index (χ4v) is 4.14. The Morgan fingerprint density at radius 2 is 2.30 bits per heavy atom. The molecule has 1 aromatic heterocycles. The summed E-state index contributed by atoms with van der Waals surface area (Å²) in [7, 11) is 0. The molecule has 3 rings (SSSR count). The van der Waals surface area contributed by atoms with Crippen molar-refractivity contribution in [2.75, 3.05) is 11.5 Å². The first kappa shape index (κ1) is 14.5. The molecule has 1 aliphatic rings. The molecule has 2 atom stereocenters. The lowest BCUT2D eigenvalue weighted by Gasteiger charge is -2.25. The van der Waals surface area contributed by atoms with Crippen LogP contribution in [0.2, 0.25) is 5.02 Å². The fourth-order valence-electron chi connectivity index (χ4n) is 2.70. The molecule has 6 heteroatoms. The Morgan fingerprint density at radius 1 is 1.50 bits per heavy atom. The first-order valence-electron chi connectivity index (χ1n) is 6.66. The van der Waals surface area contributed by atoms with E-state index in [1.165, 1.54) is 18.2 Å². The number of halogens is 3. The summed E-state index contributed by atoms with van der Waals surface area (Å²) in [4.78, 5) is 4.56. The number of imidazole rings is 1. The summed E-state index contributed by atoms with van der Waals surface area (Å²) in [5.41, 5.74) is 1.51. The SMILES string of the molecule is CC(Cl)c1nc2cc(Cl)c(F)cc2n1C1CCCSC1. The number of benzene rings is 1. The molecular weight excluding hydrogens is 318 g/mol. The van der Waals surface area contributed by atoms with Crippen LogP contribution in [0.4, 0.5) is 4.39 Å². The molecule has 1 aliphatic heterocycles. The predicted molar refractivity (Wildman–Crippen MR) is 84.6 cm³/mol. The van der Waals surface area contributed by atoms with Gasteiger partial charge in [-0.05, 0) is 31.6 Å². The minimum absolute atomic E-state index is 0.106. The molecule has 0 radical (unpaired) electrons. The van der Waals surface area contributed by atoms with Gasteiger partial charge in [0.15, 0.2) is 0 Å². The van der Waals surface area contributed by atoms with Gasteiger partial charge in [-0.3, -0.25) is 0 Å². The van der Waals surface area contributed by atoms with Crippen molar-refractivity contribution in [3.05, 3.63) is 28.8 Å². The smallest absolute Gasteiger partial charge is 0.144 e. The van der Waals surface area contributed by atoms with Crippen LogP contribution in [0, 0.1) is 5.82 Å². The molecule has 2 nitrogen and oxygen atoms in total. The van der Waals surface area contributed by atoms with E-state index in [9.17, 15) is 4.39 Å². The second-order valence-electron chi connectivity index (χ2n) is 5.08. The lowest BCUT2D eigenvalue weighted by molar-refractivity contribution is 0.493. The minimum atomic E-state index is -0.405. The van der Waals surface area contributed by atoms with E-state index in [1.807, 2.05) is 18.7 Å². The predicted octanol–water partition coefficient (Wildman–Crippen LogP) is 5.20. The van der Waals surface area contributed by atoms with E-state index in [0.29, 0.717) is 6.04 Å². The van der Waals surface area contributed by atoms with Crippen LogP contribution in [0.1, 0.15) is 37.0 Å². The Labute approximate surface area is 131 Å². The highest BCUT2D eigenvalue weighted by Crippen LogP contribution is 2.35. The van der Waals surface area contributed by atoms with E-state index in [1.54, 1.807) is 6.07 Å².